The number of allylic oxidation sites excluding steroid dienone is 2. The van der Waals surface area contributed by atoms with E-state index in [4.69, 9.17) is 0 Å². The topological polar surface area (TPSA) is 0 Å². The van der Waals surface area contributed by atoms with E-state index in [-0.39, 0.29) is 0 Å². The predicted octanol–water partition coefficient (Wildman–Crippen LogP) is 13.5. The molecule has 0 spiro atoms. The molecule has 0 N–H and O–H groups in total. The monoisotopic (exact) mass is 795 g/mol. The fourth-order valence-corrected chi connectivity index (χ4v) is 33.6. The van der Waals surface area contributed by atoms with Gasteiger partial charge in [-0.25, -0.2) is 0 Å². The minimum atomic E-state index is -4.71. The van der Waals surface area contributed by atoms with Crippen molar-refractivity contribution in [1.29, 1.82) is 0 Å². The second-order valence-corrected chi connectivity index (χ2v) is 56.3. The van der Waals surface area contributed by atoms with Gasteiger partial charge in [0, 0.05) is 0 Å². The van der Waals surface area contributed by atoms with Gasteiger partial charge < -0.3 is 0 Å². The first kappa shape index (κ1) is 32.8. The fourth-order valence-electron chi connectivity index (χ4n) is 9.00. The molecule has 2 aliphatic rings. The van der Waals surface area contributed by atoms with Crippen LogP contribution in [0.4, 0.5) is 0 Å². The summed E-state index contributed by atoms with van der Waals surface area (Å²) in [7, 11) is 0. The molecule has 2 unspecified atom stereocenters. The van der Waals surface area contributed by atoms with E-state index in [0.29, 0.717) is 19.2 Å². The molecule has 2 atom stereocenters. The van der Waals surface area contributed by atoms with Crippen molar-refractivity contribution < 1.29 is 16.5 Å². The second kappa shape index (κ2) is 11.7. The van der Waals surface area contributed by atoms with Crippen molar-refractivity contribution >= 4 is 15.9 Å². The Labute approximate surface area is 286 Å². The van der Waals surface area contributed by atoms with Gasteiger partial charge in [-0.15, -0.1) is 0 Å². The van der Waals surface area contributed by atoms with Crippen LogP contribution in [0.1, 0.15) is 85.8 Å². The number of benzene rings is 5. The van der Waals surface area contributed by atoms with Crippen molar-refractivity contribution in [2.24, 2.45) is 0 Å². The average Bonchev–Trinajstić information content (AvgIpc) is 3.75. The molecule has 1 heteroatoms. The van der Waals surface area contributed by atoms with Crippen LogP contribution in [0.15, 0.2) is 127 Å². The Morgan fingerprint density at radius 1 is 0.542 bits per heavy atom. The number of hydrogen-bond donors (Lipinski definition) is 0. The average molecular weight is 794 g/mol. The molecule has 0 amide bonds. The Hall–Kier alpha value is -3.68. The van der Waals surface area contributed by atoms with E-state index in [1.165, 1.54) is 61.2 Å². The van der Waals surface area contributed by atoms with Crippen LogP contribution < -0.4 is 0 Å². The zero-order valence-corrected chi connectivity index (χ0v) is 33.5. The van der Waals surface area contributed by atoms with Gasteiger partial charge in [0.25, 0.3) is 0 Å². The fraction of sp³-hybridized carbons (Fsp3) is 0.255. The molecule has 48 heavy (non-hydrogen) atoms. The van der Waals surface area contributed by atoms with Crippen molar-refractivity contribution in [1.82, 2.24) is 0 Å². The van der Waals surface area contributed by atoms with E-state index in [1.54, 1.807) is 0 Å². The molecule has 0 aromatic heterocycles. The number of rotatable bonds is 8. The van der Waals surface area contributed by atoms with Crippen LogP contribution in [0, 0.1) is 0 Å². The summed E-state index contributed by atoms with van der Waals surface area (Å²) in [5.41, 5.74) is 15.4. The summed E-state index contributed by atoms with van der Waals surface area (Å²) in [5.74, 6) is 1.00. The van der Waals surface area contributed by atoms with Gasteiger partial charge in [-0.05, 0) is 0 Å². The van der Waals surface area contributed by atoms with E-state index in [0.717, 1.165) is 6.42 Å². The van der Waals surface area contributed by atoms with Crippen LogP contribution in [0.2, 0.25) is 14.0 Å². The van der Waals surface area contributed by atoms with Crippen LogP contribution in [0.5, 0.6) is 0 Å². The zero-order valence-electron chi connectivity index (χ0n) is 29.9. The molecule has 0 aliphatic heterocycles. The van der Waals surface area contributed by atoms with Crippen LogP contribution >= 0.6 is 0 Å². The van der Waals surface area contributed by atoms with Crippen LogP contribution in [0.3, 0.4) is 0 Å². The Morgan fingerprint density at radius 2 is 1.00 bits per heavy atom. The third kappa shape index (κ3) is 5.53. The first-order chi connectivity index (χ1) is 22.9. The molecule has 0 fully saturated rings. The van der Waals surface area contributed by atoms with Gasteiger partial charge in [0.05, 0.1) is 0 Å². The van der Waals surface area contributed by atoms with E-state index in [1.807, 2.05) is 0 Å². The summed E-state index contributed by atoms with van der Waals surface area (Å²) in [6.07, 6.45) is 11.1. The molecular formula is C47H51Hf. The number of hydrogen-bond acceptors (Lipinski definition) is 0. The van der Waals surface area contributed by atoms with E-state index in [2.05, 4.69) is 185 Å². The number of fused-ring (bicyclic) bond motifs is 2. The summed E-state index contributed by atoms with van der Waals surface area (Å²) in [5, 5.41) is 0. The molecule has 0 radical (unpaired) electrons. The maximum atomic E-state index is 2.87. The predicted molar refractivity (Wildman–Crippen MR) is 209 cm³/mol. The summed E-state index contributed by atoms with van der Waals surface area (Å²) in [4.78, 5) is 0. The van der Waals surface area contributed by atoms with Crippen LogP contribution in [-0.2, 0) is 23.0 Å². The van der Waals surface area contributed by atoms with Gasteiger partial charge in [-0.2, -0.15) is 0 Å². The SMILES string of the molecule is CC(C)c1cccc(-c2cccc3c2C=C[CH]3[Hf]([CH3])([CH3])([CH3])(=[CH]Cc2ccccc2)[CH]2C=Cc3c(-c4cccc(C(C)C)c4)cccc32)c1. The van der Waals surface area contributed by atoms with Gasteiger partial charge in [0.15, 0.2) is 0 Å². The Kier molecular flexibility index (Phi) is 8.03. The first-order valence-corrected chi connectivity index (χ1v) is 35.0. The third-order valence-corrected chi connectivity index (χ3v) is 41.2. The molecule has 5 aromatic rings. The standard InChI is InChI=1S/2C18H17.C8H8.3CH3.Hf/c2*1-13(2)15-8-3-9-16(12-15)18-11-5-7-14-6-4-10-17(14)18;1-2-8-6-4-3-5-7-8;;;;/h2*3-13H,1-2H3;1,3-7H,2H2;3*1H3;. The summed E-state index contributed by atoms with van der Waals surface area (Å²) in [6, 6.07) is 43.6. The van der Waals surface area contributed by atoms with Crippen molar-refractivity contribution in [3.05, 3.63) is 166 Å². The zero-order chi connectivity index (χ0) is 33.7. The molecule has 0 nitrogen and oxygen atoms in total. The molecule has 2 aliphatic carbocycles. The summed E-state index contributed by atoms with van der Waals surface area (Å²) >= 11 is -4.71. The van der Waals surface area contributed by atoms with Crippen molar-refractivity contribution in [3.63, 3.8) is 0 Å². The van der Waals surface area contributed by atoms with E-state index in [9.17, 15) is 0 Å². The molecule has 0 heterocycles. The normalized spacial score (nSPS) is 18.1. The minimum absolute atomic E-state index is 0.362. The molecule has 0 saturated carbocycles. The molecule has 243 valence electrons. The van der Waals surface area contributed by atoms with Gasteiger partial charge in [0.2, 0.25) is 0 Å². The second-order valence-electron chi connectivity index (χ2n) is 17.3. The van der Waals surface area contributed by atoms with E-state index < -0.39 is 16.5 Å². The van der Waals surface area contributed by atoms with Crippen molar-refractivity contribution in [2.75, 3.05) is 0 Å². The molecule has 0 saturated heterocycles. The Morgan fingerprint density at radius 3 is 1.46 bits per heavy atom. The molecule has 0 bridgehead atoms. The van der Waals surface area contributed by atoms with Gasteiger partial charge >= 0.3 is 288 Å². The van der Waals surface area contributed by atoms with Gasteiger partial charge in [0.1, 0.15) is 0 Å². The van der Waals surface area contributed by atoms with Gasteiger partial charge in [-0.3, -0.25) is 0 Å². The van der Waals surface area contributed by atoms with Gasteiger partial charge in [-0.1, -0.05) is 0 Å². The Balaban J connectivity index is 1.42. The summed E-state index contributed by atoms with van der Waals surface area (Å²) < 4.78 is 11.9. The quantitative estimate of drug-likeness (QED) is 0.137. The van der Waals surface area contributed by atoms with E-state index >= 15 is 0 Å². The van der Waals surface area contributed by atoms with Crippen LogP contribution in [-0.4, -0.2) is 3.76 Å². The maximum absolute atomic E-state index is 4.71. The first-order valence-electron chi connectivity index (χ1n) is 18.0. The van der Waals surface area contributed by atoms with Crippen molar-refractivity contribution in [2.45, 2.75) is 67.3 Å². The molecule has 5 aromatic carbocycles. The third-order valence-electron chi connectivity index (χ3n) is 12.2. The van der Waals surface area contributed by atoms with Crippen LogP contribution in [0.25, 0.3) is 34.4 Å². The molecule has 7 rings (SSSR count). The Bertz CT molecular complexity index is 2040. The molecular weight excluding hydrogens is 743 g/mol. The summed E-state index contributed by atoms with van der Waals surface area (Å²) in [6.45, 7) is 9.14. The van der Waals surface area contributed by atoms with Crippen molar-refractivity contribution in [3.8, 4) is 22.3 Å².